The zero-order valence-corrected chi connectivity index (χ0v) is 14.6. The number of aromatic nitrogens is 1. The fraction of sp³-hybridized carbons (Fsp3) is 0.308. The van der Waals surface area contributed by atoms with Crippen LogP contribution in [-0.4, -0.2) is 29.4 Å². The quantitative estimate of drug-likeness (QED) is 0.822. The first-order valence-electron chi connectivity index (χ1n) is 6.28. The maximum absolute atomic E-state index is 12.7. The molecule has 21 heavy (non-hydrogen) atoms. The number of hydrogen-bond donors (Lipinski definition) is 1. The zero-order chi connectivity index (χ0) is 15.5. The summed E-state index contributed by atoms with van der Waals surface area (Å²) < 4.78 is 27.3. The van der Waals surface area contributed by atoms with Crippen LogP contribution in [-0.2, 0) is 23.2 Å². The van der Waals surface area contributed by atoms with E-state index in [1.54, 1.807) is 25.3 Å². The smallest absolute Gasteiger partial charge is 0.245 e. The second-order valence-electron chi connectivity index (χ2n) is 4.26. The summed E-state index contributed by atoms with van der Waals surface area (Å²) in [5.74, 6) is 0. The zero-order valence-electron chi connectivity index (χ0n) is 11.4. The molecular weight excluding hydrogens is 376 g/mol. The van der Waals surface area contributed by atoms with Gasteiger partial charge in [0.2, 0.25) is 10.0 Å². The van der Waals surface area contributed by atoms with Crippen LogP contribution in [0.2, 0.25) is 0 Å². The number of pyridine rings is 1. The number of aliphatic hydroxyl groups is 1. The van der Waals surface area contributed by atoms with Gasteiger partial charge in [-0.25, -0.2) is 8.42 Å². The fourth-order valence-electron chi connectivity index (χ4n) is 1.83. The van der Waals surface area contributed by atoms with Crippen molar-refractivity contribution in [3.05, 3.63) is 44.8 Å². The maximum Gasteiger partial charge on any atom is 0.245 e. The first kappa shape index (κ1) is 16.6. The van der Waals surface area contributed by atoms with Gasteiger partial charge in [0.15, 0.2) is 0 Å². The van der Waals surface area contributed by atoms with Crippen molar-refractivity contribution >= 4 is 37.3 Å². The second kappa shape index (κ2) is 6.97. The molecule has 0 saturated heterocycles. The Balaban J connectivity index is 2.33. The summed E-state index contributed by atoms with van der Waals surface area (Å²) in [6.07, 6.45) is 1.64. The summed E-state index contributed by atoms with van der Waals surface area (Å²) in [4.78, 5) is 4.96. The molecule has 0 radical (unpaired) electrons. The number of thiophene rings is 1. The summed E-state index contributed by atoms with van der Waals surface area (Å²) in [6, 6.07) is 6.91. The molecule has 0 bridgehead atoms. The normalized spacial score (nSPS) is 12.0. The van der Waals surface area contributed by atoms with E-state index in [0.29, 0.717) is 20.9 Å². The van der Waals surface area contributed by atoms with Crippen LogP contribution >= 0.6 is 27.3 Å². The molecule has 2 aromatic rings. The maximum atomic E-state index is 12.7. The molecule has 0 aliphatic heterocycles. The average molecular weight is 391 g/mol. The van der Waals surface area contributed by atoms with Crippen LogP contribution in [0.4, 0.5) is 0 Å². The monoisotopic (exact) mass is 390 g/mol. The van der Waals surface area contributed by atoms with E-state index in [0.717, 1.165) is 0 Å². The number of aliphatic hydroxyl groups excluding tert-OH is 1. The second-order valence-corrected chi connectivity index (χ2v) is 8.62. The first-order valence-corrected chi connectivity index (χ1v) is 9.33. The van der Waals surface area contributed by atoms with E-state index in [9.17, 15) is 8.42 Å². The van der Waals surface area contributed by atoms with Crippen LogP contribution in [0.3, 0.4) is 0 Å². The van der Waals surface area contributed by atoms with Gasteiger partial charge in [-0.15, -0.1) is 11.3 Å². The van der Waals surface area contributed by atoms with E-state index in [1.165, 1.54) is 21.7 Å². The molecule has 0 aromatic carbocycles. The van der Waals surface area contributed by atoms with Crippen molar-refractivity contribution in [3.63, 3.8) is 0 Å². The van der Waals surface area contributed by atoms with Crippen molar-refractivity contribution in [2.75, 3.05) is 6.54 Å². The van der Waals surface area contributed by atoms with Crippen LogP contribution in [0, 0.1) is 0 Å². The number of halogens is 1. The average Bonchev–Trinajstić information content (AvgIpc) is 2.87. The predicted molar refractivity (Wildman–Crippen MR) is 85.4 cm³/mol. The Morgan fingerprint density at radius 3 is 2.71 bits per heavy atom. The van der Waals surface area contributed by atoms with Crippen molar-refractivity contribution < 1.29 is 13.5 Å². The summed E-state index contributed by atoms with van der Waals surface area (Å²) in [7, 11) is -3.62. The van der Waals surface area contributed by atoms with E-state index < -0.39 is 10.0 Å². The van der Waals surface area contributed by atoms with Crippen molar-refractivity contribution in [3.8, 4) is 0 Å². The Labute approximate surface area is 136 Å². The van der Waals surface area contributed by atoms with Crippen LogP contribution < -0.4 is 0 Å². The molecule has 2 heterocycles. The van der Waals surface area contributed by atoms with Gasteiger partial charge in [-0.1, -0.05) is 13.0 Å². The summed E-state index contributed by atoms with van der Waals surface area (Å²) in [5, 5.41) is 9.14. The molecule has 0 unspecified atom stereocenters. The molecular formula is C13H15BrN2O3S2. The standard InChI is InChI=1S/C13H15BrN2O3S2/c1-2-16(8-10-5-3-4-6-15-10)21(18,19)12-7-11(9-17)20-13(12)14/h3-7,17H,2,8-9H2,1H3. The third-order valence-electron chi connectivity index (χ3n) is 2.90. The van der Waals surface area contributed by atoms with Crippen molar-refractivity contribution in [1.82, 2.24) is 9.29 Å². The molecule has 0 spiro atoms. The molecule has 0 saturated carbocycles. The third-order valence-corrected chi connectivity index (χ3v) is 7.05. The Morgan fingerprint density at radius 2 is 2.19 bits per heavy atom. The van der Waals surface area contributed by atoms with Crippen molar-refractivity contribution in [2.24, 2.45) is 0 Å². The fourth-order valence-corrected chi connectivity index (χ4v) is 5.74. The lowest BCUT2D eigenvalue weighted by Gasteiger charge is -2.19. The van der Waals surface area contributed by atoms with E-state index >= 15 is 0 Å². The SMILES string of the molecule is CCN(Cc1ccccn1)S(=O)(=O)c1cc(CO)sc1Br. The van der Waals surface area contributed by atoms with E-state index in [2.05, 4.69) is 20.9 Å². The van der Waals surface area contributed by atoms with Gasteiger partial charge in [-0.3, -0.25) is 4.98 Å². The molecule has 1 N–H and O–H groups in total. The van der Waals surface area contributed by atoms with E-state index in [-0.39, 0.29) is 18.0 Å². The molecule has 2 aromatic heterocycles. The lowest BCUT2D eigenvalue weighted by molar-refractivity contribution is 0.285. The highest BCUT2D eigenvalue weighted by Gasteiger charge is 2.27. The van der Waals surface area contributed by atoms with Crippen molar-refractivity contribution in [2.45, 2.75) is 25.0 Å². The predicted octanol–water partition coefficient (Wildman–Crippen LogP) is 2.61. The van der Waals surface area contributed by atoms with E-state index in [1.807, 2.05) is 6.07 Å². The third kappa shape index (κ3) is 3.70. The summed E-state index contributed by atoms with van der Waals surface area (Å²) >= 11 is 4.48. The van der Waals surface area contributed by atoms with Gasteiger partial charge in [-0.2, -0.15) is 4.31 Å². The highest BCUT2D eigenvalue weighted by atomic mass is 79.9. The van der Waals surface area contributed by atoms with E-state index in [4.69, 9.17) is 5.11 Å². The number of nitrogens with zero attached hydrogens (tertiary/aromatic N) is 2. The lowest BCUT2D eigenvalue weighted by atomic mass is 10.3. The van der Waals surface area contributed by atoms with Crippen LogP contribution in [0.15, 0.2) is 39.1 Å². The number of sulfonamides is 1. The minimum absolute atomic E-state index is 0.175. The highest BCUT2D eigenvalue weighted by molar-refractivity contribution is 9.11. The Kier molecular flexibility index (Phi) is 5.50. The molecule has 0 amide bonds. The molecule has 0 atom stereocenters. The number of hydrogen-bond acceptors (Lipinski definition) is 5. The summed E-state index contributed by atoms with van der Waals surface area (Å²) in [5.41, 5.74) is 0.691. The Morgan fingerprint density at radius 1 is 1.43 bits per heavy atom. The van der Waals surface area contributed by atoms with Crippen LogP contribution in [0.25, 0.3) is 0 Å². The molecule has 8 heteroatoms. The largest absolute Gasteiger partial charge is 0.391 e. The van der Waals surface area contributed by atoms with Gasteiger partial charge in [0.25, 0.3) is 0 Å². The van der Waals surface area contributed by atoms with Gasteiger partial charge in [-0.05, 0) is 34.1 Å². The molecule has 114 valence electrons. The van der Waals surface area contributed by atoms with Gasteiger partial charge < -0.3 is 5.11 Å². The topological polar surface area (TPSA) is 70.5 Å². The minimum Gasteiger partial charge on any atom is -0.391 e. The highest BCUT2D eigenvalue weighted by Crippen LogP contribution is 2.33. The molecule has 2 rings (SSSR count). The molecule has 0 aliphatic rings. The summed E-state index contributed by atoms with van der Waals surface area (Å²) in [6.45, 7) is 2.17. The lowest BCUT2D eigenvalue weighted by Crippen LogP contribution is -2.30. The Hall–Kier alpha value is -0.800. The molecule has 5 nitrogen and oxygen atoms in total. The minimum atomic E-state index is -3.62. The Bertz CT molecular complexity index is 701. The van der Waals surface area contributed by atoms with Gasteiger partial charge in [0.1, 0.15) is 4.90 Å². The molecule has 0 aliphatic carbocycles. The van der Waals surface area contributed by atoms with Crippen LogP contribution in [0.1, 0.15) is 17.5 Å². The van der Waals surface area contributed by atoms with Crippen molar-refractivity contribution in [1.29, 1.82) is 0 Å². The van der Waals surface area contributed by atoms with Gasteiger partial charge in [0, 0.05) is 17.6 Å². The first-order chi connectivity index (χ1) is 9.98. The van der Waals surface area contributed by atoms with Gasteiger partial charge in [0.05, 0.1) is 22.6 Å². The van der Waals surface area contributed by atoms with Gasteiger partial charge >= 0.3 is 0 Å². The number of rotatable bonds is 6. The molecule has 0 fully saturated rings. The van der Waals surface area contributed by atoms with Crippen LogP contribution in [0.5, 0.6) is 0 Å².